The molecule has 1 atom stereocenters. The van der Waals surface area contributed by atoms with E-state index in [9.17, 15) is 4.79 Å². The average Bonchev–Trinajstić information content (AvgIpc) is 3.52. The predicted molar refractivity (Wildman–Crippen MR) is 130 cm³/mol. The van der Waals surface area contributed by atoms with Gasteiger partial charge in [-0.3, -0.25) is 4.79 Å². The van der Waals surface area contributed by atoms with Crippen molar-refractivity contribution in [3.8, 4) is 11.5 Å². The molecular formula is C27H27N3O4. The Bertz CT molecular complexity index is 1260. The number of aromatic nitrogens is 2. The number of pyridine rings is 1. The zero-order valence-corrected chi connectivity index (χ0v) is 19.1. The Balaban J connectivity index is 1.24. The second kappa shape index (κ2) is 9.97. The zero-order chi connectivity index (χ0) is 23.3. The summed E-state index contributed by atoms with van der Waals surface area (Å²) in [4.78, 5) is 17.5. The normalized spacial score (nSPS) is 15.4. The Morgan fingerprint density at radius 3 is 2.94 bits per heavy atom. The number of imidazole rings is 1. The highest BCUT2D eigenvalue weighted by atomic mass is 16.5. The summed E-state index contributed by atoms with van der Waals surface area (Å²) in [6, 6.07) is 18.7. The summed E-state index contributed by atoms with van der Waals surface area (Å²) < 4.78 is 19.5. The first-order chi connectivity index (χ1) is 16.6. The maximum atomic E-state index is 13.0. The number of carbonyl (C=O) groups is 1. The predicted octanol–water partition coefficient (Wildman–Crippen LogP) is 5.03. The van der Waals surface area contributed by atoms with E-state index in [2.05, 4.69) is 10.3 Å². The number of benzene rings is 2. The van der Waals surface area contributed by atoms with Crippen molar-refractivity contribution < 1.29 is 19.0 Å². The third kappa shape index (κ3) is 5.21. The largest absolute Gasteiger partial charge is 0.489 e. The van der Waals surface area contributed by atoms with E-state index in [1.54, 1.807) is 18.2 Å². The van der Waals surface area contributed by atoms with Crippen LogP contribution in [-0.4, -0.2) is 34.6 Å². The smallest absolute Gasteiger partial charge is 0.255 e. The van der Waals surface area contributed by atoms with E-state index in [0.717, 1.165) is 36.4 Å². The maximum Gasteiger partial charge on any atom is 0.255 e. The SMILES string of the molecule is Cc1ccc(NC(=O)c2cccc(OCc3cn4ccccc4n3)c2)c(OCC2CCCO2)c1. The molecule has 0 radical (unpaired) electrons. The molecule has 2 aromatic carbocycles. The molecule has 2 aromatic heterocycles. The summed E-state index contributed by atoms with van der Waals surface area (Å²) in [5, 5.41) is 2.97. The highest BCUT2D eigenvalue weighted by Crippen LogP contribution is 2.28. The number of aryl methyl sites for hydroxylation is 1. The first-order valence-corrected chi connectivity index (χ1v) is 11.5. The lowest BCUT2D eigenvalue weighted by atomic mass is 10.1. The molecule has 0 saturated carbocycles. The minimum absolute atomic E-state index is 0.103. The van der Waals surface area contributed by atoms with Gasteiger partial charge in [-0.1, -0.05) is 18.2 Å². The van der Waals surface area contributed by atoms with E-state index in [4.69, 9.17) is 14.2 Å². The van der Waals surface area contributed by atoms with Crippen molar-refractivity contribution in [2.75, 3.05) is 18.5 Å². The molecule has 7 heteroatoms. The summed E-state index contributed by atoms with van der Waals surface area (Å²) in [7, 11) is 0. The van der Waals surface area contributed by atoms with E-state index < -0.39 is 0 Å². The number of nitrogens with one attached hydrogen (secondary N) is 1. The average molecular weight is 458 g/mol. The first-order valence-electron chi connectivity index (χ1n) is 11.5. The van der Waals surface area contributed by atoms with Gasteiger partial charge in [0, 0.05) is 24.6 Å². The van der Waals surface area contributed by atoms with Gasteiger partial charge in [-0.25, -0.2) is 4.98 Å². The van der Waals surface area contributed by atoms with Gasteiger partial charge in [0.1, 0.15) is 30.4 Å². The molecule has 174 valence electrons. The monoisotopic (exact) mass is 457 g/mol. The van der Waals surface area contributed by atoms with Crippen molar-refractivity contribution in [1.82, 2.24) is 9.38 Å². The summed E-state index contributed by atoms with van der Waals surface area (Å²) in [6.07, 6.45) is 6.03. The van der Waals surface area contributed by atoms with Crippen LogP contribution in [0.25, 0.3) is 5.65 Å². The molecule has 3 heterocycles. The van der Waals surface area contributed by atoms with Crippen LogP contribution < -0.4 is 14.8 Å². The highest BCUT2D eigenvalue weighted by molar-refractivity contribution is 6.05. The molecule has 7 nitrogen and oxygen atoms in total. The molecule has 0 spiro atoms. The molecule has 1 amide bonds. The number of nitrogens with zero attached hydrogens (tertiary/aromatic N) is 2. The van der Waals surface area contributed by atoms with Gasteiger partial charge in [-0.2, -0.15) is 0 Å². The standard InChI is InChI=1S/C27H27N3O4/c1-19-10-11-24(25(14-19)34-18-23-8-5-13-32-23)29-27(31)20-6-4-7-22(15-20)33-17-21-16-30-12-3-2-9-26(30)28-21/h2-4,6-7,9-12,14-16,23H,5,8,13,17-18H2,1H3,(H,29,31). The van der Waals surface area contributed by atoms with Crippen LogP contribution in [0.3, 0.4) is 0 Å². The molecular weight excluding hydrogens is 430 g/mol. The van der Waals surface area contributed by atoms with Crippen LogP contribution in [0.4, 0.5) is 5.69 Å². The Kier molecular flexibility index (Phi) is 6.44. The van der Waals surface area contributed by atoms with Crippen molar-refractivity contribution in [2.45, 2.75) is 32.5 Å². The van der Waals surface area contributed by atoms with E-state index in [-0.39, 0.29) is 12.0 Å². The quantitative estimate of drug-likeness (QED) is 0.402. The van der Waals surface area contributed by atoms with Gasteiger partial charge < -0.3 is 23.9 Å². The number of fused-ring (bicyclic) bond motifs is 1. The minimum Gasteiger partial charge on any atom is -0.489 e. The molecule has 1 N–H and O–H groups in total. The minimum atomic E-state index is -0.232. The Hall–Kier alpha value is -3.84. The second-order valence-corrected chi connectivity index (χ2v) is 8.41. The van der Waals surface area contributed by atoms with Gasteiger partial charge in [-0.15, -0.1) is 0 Å². The van der Waals surface area contributed by atoms with Crippen LogP contribution in [0.1, 0.15) is 34.5 Å². The van der Waals surface area contributed by atoms with E-state index in [1.807, 2.05) is 66.2 Å². The van der Waals surface area contributed by atoms with Gasteiger partial charge in [0.2, 0.25) is 0 Å². The number of hydrogen-bond donors (Lipinski definition) is 1. The molecule has 1 fully saturated rings. The summed E-state index contributed by atoms with van der Waals surface area (Å²) in [6.45, 7) is 3.56. The molecule has 0 bridgehead atoms. The van der Waals surface area contributed by atoms with Crippen LogP contribution in [-0.2, 0) is 11.3 Å². The van der Waals surface area contributed by atoms with Crippen LogP contribution in [0.2, 0.25) is 0 Å². The number of rotatable bonds is 8. The van der Waals surface area contributed by atoms with Gasteiger partial charge >= 0.3 is 0 Å². The number of ether oxygens (including phenoxy) is 3. The number of hydrogen-bond acceptors (Lipinski definition) is 5. The molecule has 5 rings (SSSR count). The van der Waals surface area contributed by atoms with Crippen LogP contribution in [0.5, 0.6) is 11.5 Å². The number of anilines is 1. The fourth-order valence-corrected chi connectivity index (χ4v) is 3.95. The Morgan fingerprint density at radius 2 is 2.09 bits per heavy atom. The van der Waals surface area contributed by atoms with E-state index >= 15 is 0 Å². The fourth-order valence-electron chi connectivity index (χ4n) is 3.95. The lowest BCUT2D eigenvalue weighted by Gasteiger charge is -2.16. The number of amides is 1. The van der Waals surface area contributed by atoms with Crippen molar-refractivity contribution >= 4 is 17.2 Å². The first kappa shape index (κ1) is 22.0. The maximum absolute atomic E-state index is 13.0. The van der Waals surface area contributed by atoms with Gasteiger partial charge in [0.25, 0.3) is 5.91 Å². The Morgan fingerprint density at radius 1 is 1.15 bits per heavy atom. The van der Waals surface area contributed by atoms with Crippen molar-refractivity contribution in [1.29, 1.82) is 0 Å². The van der Waals surface area contributed by atoms with E-state index in [1.165, 1.54) is 0 Å². The van der Waals surface area contributed by atoms with Crippen molar-refractivity contribution in [3.05, 3.63) is 89.9 Å². The molecule has 0 aliphatic carbocycles. The molecule has 1 unspecified atom stereocenters. The van der Waals surface area contributed by atoms with Crippen LogP contribution >= 0.6 is 0 Å². The summed E-state index contributed by atoms with van der Waals surface area (Å²) in [5.74, 6) is 1.01. The summed E-state index contributed by atoms with van der Waals surface area (Å²) in [5.41, 5.74) is 3.86. The van der Waals surface area contributed by atoms with Crippen molar-refractivity contribution in [3.63, 3.8) is 0 Å². The third-order valence-corrected chi connectivity index (χ3v) is 5.73. The fraction of sp³-hybridized carbons (Fsp3) is 0.259. The number of carbonyl (C=O) groups excluding carboxylic acids is 1. The van der Waals surface area contributed by atoms with Gasteiger partial charge in [0.15, 0.2) is 0 Å². The third-order valence-electron chi connectivity index (χ3n) is 5.73. The molecule has 4 aromatic rings. The zero-order valence-electron chi connectivity index (χ0n) is 19.1. The molecule has 34 heavy (non-hydrogen) atoms. The van der Waals surface area contributed by atoms with Gasteiger partial charge in [0.05, 0.1) is 17.5 Å². The van der Waals surface area contributed by atoms with Crippen molar-refractivity contribution in [2.24, 2.45) is 0 Å². The van der Waals surface area contributed by atoms with Gasteiger partial charge in [-0.05, 0) is 67.8 Å². The van der Waals surface area contributed by atoms with E-state index in [0.29, 0.717) is 36.0 Å². The van der Waals surface area contributed by atoms with Crippen LogP contribution in [0, 0.1) is 6.92 Å². The topological polar surface area (TPSA) is 74.1 Å². The second-order valence-electron chi connectivity index (χ2n) is 8.41. The molecule has 1 saturated heterocycles. The highest BCUT2D eigenvalue weighted by Gasteiger charge is 2.18. The van der Waals surface area contributed by atoms with Crippen LogP contribution in [0.15, 0.2) is 73.1 Å². The molecule has 1 aliphatic heterocycles. The Labute approximate surface area is 198 Å². The molecule has 1 aliphatic rings. The lowest BCUT2D eigenvalue weighted by molar-refractivity contribution is 0.0681. The summed E-state index contributed by atoms with van der Waals surface area (Å²) >= 11 is 0. The lowest BCUT2D eigenvalue weighted by Crippen LogP contribution is -2.18.